The molecule has 0 aromatic heterocycles. The summed E-state index contributed by atoms with van der Waals surface area (Å²) in [6, 6.07) is 14.9. The van der Waals surface area contributed by atoms with E-state index >= 15 is 0 Å². The van der Waals surface area contributed by atoms with Gasteiger partial charge in [-0.2, -0.15) is 0 Å². The molecule has 29 heavy (non-hydrogen) atoms. The lowest BCUT2D eigenvalue weighted by Gasteiger charge is -2.28. The average Bonchev–Trinajstić information content (AvgIpc) is 3.29. The van der Waals surface area contributed by atoms with Gasteiger partial charge in [0.1, 0.15) is 12.4 Å². The summed E-state index contributed by atoms with van der Waals surface area (Å²) in [5.41, 5.74) is 2.82. The molecule has 1 amide bonds. The number of fused-ring (bicyclic) bond motifs is 1. The number of benzene rings is 2. The van der Waals surface area contributed by atoms with Gasteiger partial charge in [0.15, 0.2) is 6.61 Å². The Morgan fingerprint density at radius 1 is 1.07 bits per heavy atom. The topological polar surface area (TPSA) is 65.1 Å². The van der Waals surface area contributed by atoms with Crippen molar-refractivity contribution in [2.45, 2.75) is 31.9 Å². The van der Waals surface area contributed by atoms with Crippen LogP contribution in [0.3, 0.4) is 0 Å². The standard InChI is InChI=1S/C23H25NO5/c25-22(24-12-11-17-4-1-2-5-19(17)14-24)16-29-23(26)18-7-9-20(10-8-18)28-15-21-6-3-13-27-21/h1-2,4-5,7-10,21H,3,6,11-16H2/t21-/m0/s1. The zero-order chi connectivity index (χ0) is 20.1. The smallest absolute Gasteiger partial charge is 0.338 e. The predicted octanol–water partition coefficient (Wildman–Crippen LogP) is 2.99. The average molecular weight is 395 g/mol. The number of hydrogen-bond acceptors (Lipinski definition) is 5. The molecule has 0 aliphatic carbocycles. The van der Waals surface area contributed by atoms with E-state index in [0.717, 1.165) is 31.4 Å². The molecule has 0 N–H and O–H groups in total. The van der Waals surface area contributed by atoms with Crippen LogP contribution in [0.25, 0.3) is 0 Å². The SMILES string of the molecule is O=C(OCC(=O)N1CCc2ccccc2C1)c1ccc(OC[C@@H]2CCCO2)cc1. The van der Waals surface area contributed by atoms with Crippen molar-refractivity contribution in [2.75, 3.05) is 26.4 Å². The third-order valence-electron chi connectivity index (χ3n) is 5.36. The van der Waals surface area contributed by atoms with E-state index < -0.39 is 5.97 Å². The van der Waals surface area contributed by atoms with E-state index in [1.807, 2.05) is 18.2 Å². The predicted molar refractivity (Wildman–Crippen MR) is 107 cm³/mol. The Balaban J connectivity index is 1.24. The van der Waals surface area contributed by atoms with Crippen molar-refractivity contribution in [1.29, 1.82) is 0 Å². The molecule has 2 aromatic rings. The fraction of sp³-hybridized carbons (Fsp3) is 0.391. The molecule has 0 saturated carbocycles. The second kappa shape index (κ2) is 9.09. The van der Waals surface area contributed by atoms with Crippen LogP contribution >= 0.6 is 0 Å². The first-order chi connectivity index (χ1) is 14.2. The lowest BCUT2D eigenvalue weighted by atomic mass is 10.00. The molecule has 1 atom stereocenters. The number of hydrogen-bond donors (Lipinski definition) is 0. The normalized spacial score (nSPS) is 18.2. The van der Waals surface area contributed by atoms with Crippen LogP contribution in [0.2, 0.25) is 0 Å². The van der Waals surface area contributed by atoms with Crippen molar-refractivity contribution in [3.63, 3.8) is 0 Å². The first-order valence-corrected chi connectivity index (χ1v) is 10.1. The van der Waals surface area contributed by atoms with Crippen molar-refractivity contribution in [2.24, 2.45) is 0 Å². The number of carbonyl (C=O) groups is 2. The molecule has 0 spiro atoms. The molecular weight excluding hydrogens is 370 g/mol. The second-order valence-electron chi connectivity index (χ2n) is 7.38. The number of nitrogens with zero attached hydrogens (tertiary/aromatic N) is 1. The van der Waals surface area contributed by atoms with E-state index in [2.05, 4.69) is 6.07 Å². The molecule has 152 valence electrons. The van der Waals surface area contributed by atoms with Crippen LogP contribution in [0.4, 0.5) is 0 Å². The second-order valence-corrected chi connectivity index (χ2v) is 7.38. The molecule has 2 aliphatic heterocycles. The van der Waals surface area contributed by atoms with E-state index in [9.17, 15) is 9.59 Å². The minimum absolute atomic E-state index is 0.146. The van der Waals surface area contributed by atoms with E-state index in [-0.39, 0.29) is 18.6 Å². The van der Waals surface area contributed by atoms with Gasteiger partial charge in [-0.3, -0.25) is 4.79 Å². The van der Waals surface area contributed by atoms with Crippen LogP contribution in [0, 0.1) is 0 Å². The Hall–Kier alpha value is -2.86. The van der Waals surface area contributed by atoms with Crippen molar-refractivity contribution in [1.82, 2.24) is 4.90 Å². The van der Waals surface area contributed by atoms with Gasteiger partial charge < -0.3 is 19.1 Å². The minimum atomic E-state index is -0.513. The molecule has 2 aromatic carbocycles. The van der Waals surface area contributed by atoms with Gasteiger partial charge >= 0.3 is 5.97 Å². The zero-order valence-electron chi connectivity index (χ0n) is 16.3. The summed E-state index contributed by atoms with van der Waals surface area (Å²) < 4.78 is 16.4. The number of rotatable bonds is 6. The maximum absolute atomic E-state index is 12.4. The fourth-order valence-corrected chi connectivity index (χ4v) is 3.66. The summed E-state index contributed by atoms with van der Waals surface area (Å²) in [5.74, 6) is -0.00841. The quantitative estimate of drug-likeness (QED) is 0.704. The van der Waals surface area contributed by atoms with Crippen molar-refractivity contribution >= 4 is 11.9 Å². The molecular formula is C23H25NO5. The molecule has 4 rings (SSSR count). The third kappa shape index (κ3) is 4.95. The highest BCUT2D eigenvalue weighted by Gasteiger charge is 2.21. The summed E-state index contributed by atoms with van der Waals surface area (Å²) >= 11 is 0. The van der Waals surface area contributed by atoms with Crippen LogP contribution in [0.5, 0.6) is 5.75 Å². The molecule has 6 heteroatoms. The van der Waals surface area contributed by atoms with Crippen LogP contribution in [0.1, 0.15) is 34.3 Å². The van der Waals surface area contributed by atoms with Crippen LogP contribution in [-0.4, -0.2) is 49.2 Å². The van der Waals surface area contributed by atoms with Crippen LogP contribution < -0.4 is 4.74 Å². The van der Waals surface area contributed by atoms with Gasteiger partial charge in [-0.15, -0.1) is 0 Å². The number of esters is 1. The molecule has 0 bridgehead atoms. The first kappa shape index (κ1) is 19.5. The van der Waals surface area contributed by atoms with Gasteiger partial charge in [-0.25, -0.2) is 4.79 Å². The van der Waals surface area contributed by atoms with Gasteiger partial charge in [-0.05, 0) is 54.7 Å². The van der Waals surface area contributed by atoms with Gasteiger partial charge in [-0.1, -0.05) is 24.3 Å². The molecule has 0 unspecified atom stereocenters. The molecule has 1 fully saturated rings. The Morgan fingerprint density at radius 3 is 2.62 bits per heavy atom. The minimum Gasteiger partial charge on any atom is -0.491 e. The Kier molecular flexibility index (Phi) is 6.10. The lowest BCUT2D eigenvalue weighted by molar-refractivity contribution is -0.135. The molecule has 2 heterocycles. The number of amides is 1. The maximum atomic E-state index is 12.4. The Morgan fingerprint density at radius 2 is 1.86 bits per heavy atom. The summed E-state index contributed by atoms with van der Waals surface area (Å²) in [5, 5.41) is 0. The molecule has 6 nitrogen and oxygen atoms in total. The maximum Gasteiger partial charge on any atom is 0.338 e. The summed E-state index contributed by atoms with van der Waals surface area (Å²) in [6.07, 6.45) is 3.05. The van der Waals surface area contributed by atoms with E-state index in [1.54, 1.807) is 29.2 Å². The third-order valence-corrected chi connectivity index (χ3v) is 5.36. The van der Waals surface area contributed by atoms with Gasteiger partial charge in [0.05, 0.1) is 11.7 Å². The van der Waals surface area contributed by atoms with Crippen LogP contribution in [0.15, 0.2) is 48.5 Å². The molecule has 0 radical (unpaired) electrons. The number of carbonyl (C=O) groups excluding carboxylic acids is 2. The van der Waals surface area contributed by atoms with Crippen molar-refractivity contribution in [3.8, 4) is 5.75 Å². The largest absolute Gasteiger partial charge is 0.491 e. The monoisotopic (exact) mass is 395 g/mol. The highest BCUT2D eigenvalue weighted by Crippen LogP contribution is 2.19. The van der Waals surface area contributed by atoms with Gasteiger partial charge in [0.25, 0.3) is 5.91 Å². The highest BCUT2D eigenvalue weighted by molar-refractivity contribution is 5.91. The lowest BCUT2D eigenvalue weighted by Crippen LogP contribution is -2.38. The van der Waals surface area contributed by atoms with Crippen LogP contribution in [-0.2, 0) is 27.2 Å². The Bertz CT molecular complexity index is 858. The van der Waals surface area contributed by atoms with E-state index in [4.69, 9.17) is 14.2 Å². The Labute approximate surface area is 170 Å². The first-order valence-electron chi connectivity index (χ1n) is 10.1. The van der Waals surface area contributed by atoms with Crippen molar-refractivity contribution < 1.29 is 23.8 Å². The fourth-order valence-electron chi connectivity index (χ4n) is 3.66. The summed E-state index contributed by atoms with van der Waals surface area (Å²) in [6.45, 7) is 2.25. The molecule has 2 aliphatic rings. The van der Waals surface area contributed by atoms with Gasteiger partial charge in [0, 0.05) is 19.7 Å². The molecule has 1 saturated heterocycles. The zero-order valence-corrected chi connectivity index (χ0v) is 16.3. The highest BCUT2D eigenvalue weighted by atomic mass is 16.5. The van der Waals surface area contributed by atoms with Crippen molar-refractivity contribution in [3.05, 3.63) is 65.2 Å². The van der Waals surface area contributed by atoms with E-state index in [0.29, 0.717) is 31.0 Å². The van der Waals surface area contributed by atoms with Gasteiger partial charge in [0.2, 0.25) is 0 Å². The summed E-state index contributed by atoms with van der Waals surface area (Å²) in [7, 11) is 0. The number of ether oxygens (including phenoxy) is 3. The van der Waals surface area contributed by atoms with E-state index in [1.165, 1.54) is 5.56 Å². The summed E-state index contributed by atoms with van der Waals surface area (Å²) in [4.78, 5) is 26.4.